The molecule has 98 valence electrons. The highest BCUT2D eigenvalue weighted by Crippen LogP contribution is 2.20. The third-order valence-corrected chi connectivity index (χ3v) is 3.40. The van der Waals surface area contributed by atoms with Crippen molar-refractivity contribution in [2.75, 3.05) is 7.11 Å². The number of rotatable bonds is 5. The first-order valence-corrected chi connectivity index (χ1v) is 6.38. The Morgan fingerprint density at radius 2 is 2.22 bits per heavy atom. The molecule has 2 rings (SSSR count). The molecular weight excluding hydrogens is 226 g/mol. The average Bonchev–Trinajstić information content (AvgIpc) is 2.72. The molecule has 0 fully saturated rings. The van der Waals surface area contributed by atoms with Gasteiger partial charge in [-0.15, -0.1) is 0 Å². The van der Waals surface area contributed by atoms with Crippen LogP contribution < -0.4 is 10.1 Å². The Bertz CT molecular complexity index is 533. The number of nitrogens with zero attached hydrogens (tertiary/aromatic N) is 2. The van der Waals surface area contributed by atoms with E-state index in [0.717, 1.165) is 35.6 Å². The number of aryl methyl sites for hydroxylation is 1. The van der Waals surface area contributed by atoms with Crippen LogP contribution >= 0.6 is 0 Å². The van der Waals surface area contributed by atoms with E-state index < -0.39 is 0 Å². The molecule has 1 atom stereocenters. The van der Waals surface area contributed by atoms with Crippen LogP contribution in [0.25, 0.3) is 11.0 Å². The van der Waals surface area contributed by atoms with Gasteiger partial charge in [-0.25, -0.2) is 4.98 Å². The summed E-state index contributed by atoms with van der Waals surface area (Å²) in [6.07, 6.45) is 1.12. The highest BCUT2D eigenvalue weighted by atomic mass is 16.5. The molecule has 0 radical (unpaired) electrons. The number of methoxy groups -OCH3 is 1. The van der Waals surface area contributed by atoms with Gasteiger partial charge in [-0.3, -0.25) is 0 Å². The molecule has 0 aliphatic carbocycles. The van der Waals surface area contributed by atoms with Crippen molar-refractivity contribution in [2.45, 2.75) is 32.9 Å². The standard InChI is InChI=1S/C14H21N3O/c1-5-10(2)15-9-14-16-12-8-11(18-4)6-7-13(12)17(14)3/h6-8,10,15H,5,9H2,1-4H3. The van der Waals surface area contributed by atoms with E-state index in [-0.39, 0.29) is 0 Å². The third-order valence-electron chi connectivity index (χ3n) is 3.40. The molecule has 1 aromatic heterocycles. The first-order chi connectivity index (χ1) is 8.65. The Morgan fingerprint density at radius 3 is 2.89 bits per heavy atom. The lowest BCUT2D eigenvalue weighted by Gasteiger charge is -2.10. The minimum Gasteiger partial charge on any atom is -0.497 e. The lowest BCUT2D eigenvalue weighted by atomic mass is 10.2. The monoisotopic (exact) mass is 247 g/mol. The van der Waals surface area contributed by atoms with E-state index >= 15 is 0 Å². The van der Waals surface area contributed by atoms with Crippen molar-refractivity contribution in [3.8, 4) is 5.75 Å². The van der Waals surface area contributed by atoms with Crippen LogP contribution in [0.2, 0.25) is 0 Å². The quantitative estimate of drug-likeness (QED) is 0.882. The predicted octanol–water partition coefficient (Wildman–Crippen LogP) is 2.47. The van der Waals surface area contributed by atoms with Crippen molar-refractivity contribution in [2.24, 2.45) is 7.05 Å². The normalized spacial score (nSPS) is 12.9. The third kappa shape index (κ3) is 2.48. The summed E-state index contributed by atoms with van der Waals surface area (Å²) in [7, 11) is 3.73. The number of imidazole rings is 1. The number of ether oxygens (including phenoxy) is 1. The van der Waals surface area contributed by atoms with Gasteiger partial charge in [0.1, 0.15) is 11.6 Å². The Balaban J connectivity index is 2.26. The van der Waals surface area contributed by atoms with Gasteiger partial charge < -0.3 is 14.6 Å². The molecule has 2 aromatic rings. The van der Waals surface area contributed by atoms with Crippen LogP contribution in [0.15, 0.2) is 18.2 Å². The minimum atomic E-state index is 0.513. The van der Waals surface area contributed by atoms with Crippen molar-refractivity contribution in [3.05, 3.63) is 24.0 Å². The van der Waals surface area contributed by atoms with Gasteiger partial charge in [-0.1, -0.05) is 6.92 Å². The Hall–Kier alpha value is -1.55. The smallest absolute Gasteiger partial charge is 0.123 e. The van der Waals surface area contributed by atoms with Crippen LogP contribution in [-0.4, -0.2) is 22.7 Å². The first-order valence-electron chi connectivity index (χ1n) is 6.38. The van der Waals surface area contributed by atoms with Gasteiger partial charge in [0.05, 0.1) is 24.7 Å². The molecule has 4 nitrogen and oxygen atoms in total. The maximum Gasteiger partial charge on any atom is 0.123 e. The van der Waals surface area contributed by atoms with Crippen molar-refractivity contribution in [3.63, 3.8) is 0 Å². The summed E-state index contributed by atoms with van der Waals surface area (Å²) < 4.78 is 7.35. The van der Waals surface area contributed by atoms with Gasteiger partial charge in [0.25, 0.3) is 0 Å². The summed E-state index contributed by atoms with van der Waals surface area (Å²) in [5.41, 5.74) is 2.12. The lowest BCUT2D eigenvalue weighted by Crippen LogP contribution is -2.25. The molecule has 0 aliphatic heterocycles. The van der Waals surface area contributed by atoms with Gasteiger partial charge in [0, 0.05) is 19.2 Å². The zero-order chi connectivity index (χ0) is 13.1. The molecule has 0 spiro atoms. The molecule has 4 heteroatoms. The van der Waals surface area contributed by atoms with E-state index in [1.54, 1.807) is 7.11 Å². The molecule has 1 N–H and O–H groups in total. The number of fused-ring (bicyclic) bond motifs is 1. The van der Waals surface area contributed by atoms with Crippen molar-refractivity contribution in [1.82, 2.24) is 14.9 Å². The van der Waals surface area contributed by atoms with Crippen molar-refractivity contribution in [1.29, 1.82) is 0 Å². The minimum absolute atomic E-state index is 0.513. The van der Waals surface area contributed by atoms with E-state index in [0.29, 0.717) is 6.04 Å². The van der Waals surface area contributed by atoms with Crippen LogP contribution in [-0.2, 0) is 13.6 Å². The van der Waals surface area contributed by atoms with Gasteiger partial charge in [-0.05, 0) is 25.5 Å². The SMILES string of the molecule is CCC(C)NCc1nc2cc(OC)ccc2n1C. The van der Waals surface area contributed by atoms with Crippen molar-refractivity contribution < 1.29 is 4.74 Å². The van der Waals surface area contributed by atoms with Crippen molar-refractivity contribution >= 4 is 11.0 Å². The highest BCUT2D eigenvalue weighted by Gasteiger charge is 2.09. The van der Waals surface area contributed by atoms with Gasteiger partial charge in [0.2, 0.25) is 0 Å². The Morgan fingerprint density at radius 1 is 1.44 bits per heavy atom. The fourth-order valence-corrected chi connectivity index (χ4v) is 1.92. The Labute approximate surface area is 108 Å². The summed E-state index contributed by atoms with van der Waals surface area (Å²) in [5.74, 6) is 1.90. The van der Waals surface area contributed by atoms with E-state index in [1.807, 2.05) is 18.2 Å². The van der Waals surface area contributed by atoms with E-state index in [9.17, 15) is 0 Å². The second kappa shape index (κ2) is 5.40. The number of hydrogen-bond donors (Lipinski definition) is 1. The zero-order valence-corrected chi connectivity index (χ0v) is 11.5. The van der Waals surface area contributed by atoms with Crippen LogP contribution in [0, 0.1) is 0 Å². The topological polar surface area (TPSA) is 39.1 Å². The van der Waals surface area contributed by atoms with Crippen LogP contribution in [0.3, 0.4) is 0 Å². The number of hydrogen-bond acceptors (Lipinski definition) is 3. The number of nitrogens with one attached hydrogen (secondary N) is 1. The first kappa shape index (κ1) is 12.9. The number of aromatic nitrogens is 2. The fourth-order valence-electron chi connectivity index (χ4n) is 1.92. The fraction of sp³-hybridized carbons (Fsp3) is 0.500. The zero-order valence-electron chi connectivity index (χ0n) is 11.5. The maximum atomic E-state index is 5.22. The molecule has 0 saturated carbocycles. The summed E-state index contributed by atoms with van der Waals surface area (Å²) in [5, 5.41) is 3.46. The molecule has 0 bridgehead atoms. The molecule has 0 amide bonds. The second-order valence-corrected chi connectivity index (χ2v) is 4.63. The molecule has 18 heavy (non-hydrogen) atoms. The van der Waals surface area contributed by atoms with Gasteiger partial charge in [0.15, 0.2) is 0 Å². The molecule has 1 unspecified atom stereocenters. The summed E-state index contributed by atoms with van der Waals surface area (Å²) in [6, 6.07) is 6.51. The summed E-state index contributed by atoms with van der Waals surface area (Å²) >= 11 is 0. The maximum absolute atomic E-state index is 5.22. The average molecular weight is 247 g/mol. The van der Waals surface area contributed by atoms with Gasteiger partial charge in [-0.2, -0.15) is 0 Å². The van der Waals surface area contributed by atoms with Gasteiger partial charge >= 0.3 is 0 Å². The molecule has 1 heterocycles. The molecule has 0 aliphatic rings. The van der Waals surface area contributed by atoms with E-state index in [4.69, 9.17) is 4.74 Å². The van der Waals surface area contributed by atoms with Crippen LogP contribution in [0.4, 0.5) is 0 Å². The van der Waals surface area contributed by atoms with Crippen LogP contribution in [0.5, 0.6) is 5.75 Å². The Kier molecular flexibility index (Phi) is 3.87. The lowest BCUT2D eigenvalue weighted by molar-refractivity contribution is 0.415. The summed E-state index contributed by atoms with van der Waals surface area (Å²) in [4.78, 5) is 4.65. The predicted molar refractivity (Wildman–Crippen MR) is 73.9 cm³/mol. The second-order valence-electron chi connectivity index (χ2n) is 4.63. The highest BCUT2D eigenvalue weighted by molar-refractivity contribution is 5.77. The molecule has 0 saturated heterocycles. The summed E-state index contributed by atoms with van der Waals surface area (Å²) in [6.45, 7) is 5.16. The van der Waals surface area contributed by atoms with Crippen LogP contribution in [0.1, 0.15) is 26.1 Å². The largest absolute Gasteiger partial charge is 0.497 e. The molecule has 1 aromatic carbocycles. The number of benzene rings is 1. The van der Waals surface area contributed by atoms with E-state index in [2.05, 4.69) is 35.8 Å². The van der Waals surface area contributed by atoms with E-state index in [1.165, 1.54) is 0 Å². The molecular formula is C14H21N3O.